The topological polar surface area (TPSA) is 63.6 Å². The lowest BCUT2D eigenvalue weighted by Gasteiger charge is -2.18. The molecular formula is C42H82O4. The maximum atomic E-state index is 12.6. The Hall–Kier alpha value is -1.06. The van der Waals surface area contributed by atoms with Crippen LogP contribution in [0.2, 0.25) is 0 Å². The van der Waals surface area contributed by atoms with Crippen LogP contribution in [0.5, 0.6) is 0 Å². The van der Waals surface area contributed by atoms with Crippen LogP contribution in [0.4, 0.5) is 0 Å². The zero-order valence-corrected chi connectivity index (χ0v) is 31.4. The van der Waals surface area contributed by atoms with Crippen molar-refractivity contribution in [1.82, 2.24) is 0 Å². The summed E-state index contributed by atoms with van der Waals surface area (Å²) >= 11 is 0. The first-order valence-corrected chi connectivity index (χ1v) is 21.0. The maximum absolute atomic E-state index is 12.6. The second kappa shape index (κ2) is 38.4. The van der Waals surface area contributed by atoms with Gasteiger partial charge in [-0.3, -0.25) is 9.59 Å². The molecule has 0 fully saturated rings. The minimum atomic E-state index is -0.738. The molecule has 0 spiro atoms. The minimum absolute atomic E-state index is 0.0368. The minimum Gasteiger partial charge on any atom is -0.481 e. The van der Waals surface area contributed by atoms with Crippen LogP contribution in [-0.4, -0.2) is 23.1 Å². The number of aliphatic carboxylic acids is 1. The van der Waals surface area contributed by atoms with Gasteiger partial charge in [-0.2, -0.15) is 0 Å². The second-order valence-corrected chi connectivity index (χ2v) is 14.5. The average molecular weight is 651 g/mol. The Labute approximate surface area is 288 Å². The third kappa shape index (κ3) is 37.4. The molecule has 0 aromatic rings. The highest BCUT2D eigenvalue weighted by atomic mass is 16.5. The van der Waals surface area contributed by atoms with Gasteiger partial charge in [-0.25, -0.2) is 0 Å². The lowest BCUT2D eigenvalue weighted by atomic mass is 10.0. The molecule has 0 aliphatic rings. The Morgan fingerprint density at radius 3 is 0.978 bits per heavy atom. The van der Waals surface area contributed by atoms with Crippen molar-refractivity contribution in [2.45, 2.75) is 258 Å². The molecule has 0 heterocycles. The first kappa shape index (κ1) is 44.9. The number of unbranched alkanes of at least 4 members (excludes halogenated alkanes) is 30. The highest BCUT2D eigenvalue weighted by molar-refractivity contribution is 5.69. The summed E-state index contributed by atoms with van der Waals surface area (Å²) in [5.41, 5.74) is 0. The van der Waals surface area contributed by atoms with E-state index in [1.807, 2.05) is 0 Å². The smallest absolute Gasteiger partial charge is 0.306 e. The molecule has 4 heteroatoms. The molecule has 0 aromatic heterocycles. The maximum Gasteiger partial charge on any atom is 0.306 e. The Morgan fingerprint density at radius 2 is 0.652 bits per heavy atom. The van der Waals surface area contributed by atoms with Gasteiger partial charge < -0.3 is 9.84 Å². The molecule has 0 aliphatic heterocycles. The van der Waals surface area contributed by atoms with Crippen LogP contribution in [0.15, 0.2) is 0 Å². The predicted molar refractivity (Wildman–Crippen MR) is 200 cm³/mol. The van der Waals surface area contributed by atoms with Crippen LogP contribution in [0.1, 0.15) is 251 Å². The van der Waals surface area contributed by atoms with Gasteiger partial charge in [0, 0.05) is 12.8 Å². The Morgan fingerprint density at radius 1 is 0.391 bits per heavy atom. The van der Waals surface area contributed by atoms with Gasteiger partial charge >= 0.3 is 11.9 Å². The molecule has 0 rings (SSSR count). The predicted octanol–water partition coefficient (Wildman–Crippen LogP) is 14.5. The summed E-state index contributed by atoms with van der Waals surface area (Å²) in [6.07, 6.45) is 45.6. The normalized spacial score (nSPS) is 12.0. The lowest BCUT2D eigenvalue weighted by molar-refractivity contribution is -0.150. The van der Waals surface area contributed by atoms with Crippen molar-refractivity contribution in [2.24, 2.45) is 0 Å². The number of hydrogen-bond acceptors (Lipinski definition) is 3. The Balaban J connectivity index is 3.69. The van der Waals surface area contributed by atoms with Gasteiger partial charge in [0.05, 0.1) is 0 Å². The molecule has 274 valence electrons. The molecule has 46 heavy (non-hydrogen) atoms. The molecule has 1 atom stereocenters. The van der Waals surface area contributed by atoms with E-state index < -0.39 is 5.97 Å². The average Bonchev–Trinajstić information content (AvgIpc) is 3.04. The van der Waals surface area contributed by atoms with Crippen LogP contribution < -0.4 is 0 Å². The second-order valence-electron chi connectivity index (χ2n) is 14.5. The van der Waals surface area contributed by atoms with Crippen molar-refractivity contribution in [3.8, 4) is 0 Å². The van der Waals surface area contributed by atoms with Crippen LogP contribution in [0.25, 0.3) is 0 Å². The van der Waals surface area contributed by atoms with Gasteiger partial charge in [0.2, 0.25) is 0 Å². The number of carbonyl (C=O) groups excluding carboxylic acids is 1. The fraction of sp³-hybridized carbons (Fsp3) is 0.952. The molecule has 1 N–H and O–H groups in total. The summed E-state index contributed by atoms with van der Waals surface area (Å²) in [7, 11) is 0. The van der Waals surface area contributed by atoms with E-state index in [0.29, 0.717) is 12.8 Å². The van der Waals surface area contributed by atoms with Crippen LogP contribution in [0, 0.1) is 0 Å². The molecule has 0 aliphatic carbocycles. The molecule has 0 saturated heterocycles. The van der Waals surface area contributed by atoms with Gasteiger partial charge in [0.25, 0.3) is 0 Å². The van der Waals surface area contributed by atoms with Gasteiger partial charge in [-0.1, -0.05) is 200 Å². The van der Waals surface area contributed by atoms with Crippen molar-refractivity contribution < 1.29 is 19.4 Å². The van der Waals surface area contributed by atoms with Crippen molar-refractivity contribution in [1.29, 1.82) is 0 Å². The summed E-state index contributed by atoms with van der Waals surface area (Å²) < 4.78 is 5.90. The fourth-order valence-corrected chi connectivity index (χ4v) is 6.72. The third-order valence-corrected chi connectivity index (χ3v) is 9.83. The molecule has 0 amide bonds. The number of ether oxygens (including phenoxy) is 1. The Bertz CT molecular complexity index is 619. The van der Waals surface area contributed by atoms with E-state index in [1.165, 1.54) is 180 Å². The Kier molecular flexibility index (Phi) is 37.5. The fourth-order valence-electron chi connectivity index (χ4n) is 6.72. The zero-order valence-electron chi connectivity index (χ0n) is 31.4. The van der Waals surface area contributed by atoms with Crippen molar-refractivity contribution >= 4 is 11.9 Å². The van der Waals surface area contributed by atoms with Crippen LogP contribution in [-0.2, 0) is 14.3 Å². The quantitative estimate of drug-likeness (QED) is 0.0531. The van der Waals surface area contributed by atoms with Gasteiger partial charge in [-0.15, -0.1) is 0 Å². The number of rotatable bonds is 39. The molecule has 0 saturated carbocycles. The van der Waals surface area contributed by atoms with Crippen LogP contribution >= 0.6 is 0 Å². The zero-order chi connectivity index (χ0) is 33.6. The van der Waals surface area contributed by atoms with E-state index in [0.717, 1.165) is 38.5 Å². The highest BCUT2D eigenvalue weighted by Gasteiger charge is 2.14. The first-order valence-electron chi connectivity index (χ1n) is 21.0. The monoisotopic (exact) mass is 651 g/mol. The number of carbonyl (C=O) groups is 2. The number of carboxylic acid groups (broad SMARTS) is 1. The summed E-state index contributed by atoms with van der Waals surface area (Å²) in [6, 6.07) is 0. The van der Waals surface area contributed by atoms with E-state index in [2.05, 4.69) is 13.8 Å². The molecular weight excluding hydrogens is 568 g/mol. The van der Waals surface area contributed by atoms with E-state index in [-0.39, 0.29) is 18.5 Å². The lowest BCUT2D eigenvalue weighted by Crippen LogP contribution is -2.18. The summed E-state index contributed by atoms with van der Waals surface area (Å²) in [4.78, 5) is 23.4. The molecule has 0 radical (unpaired) electrons. The summed E-state index contributed by atoms with van der Waals surface area (Å²) in [5.74, 6) is -0.786. The molecule has 1 unspecified atom stereocenters. The standard InChI is InChI=1S/C42H82O4/c1-3-5-7-9-11-13-15-16-17-18-19-20-21-22-23-24-25-27-29-31-33-39-42(45)46-40(37-34-35-38-41(43)44)36-32-30-28-26-14-12-10-8-6-4-2/h40H,3-39H2,1-2H3,(H,43,44). The van der Waals surface area contributed by atoms with E-state index >= 15 is 0 Å². The van der Waals surface area contributed by atoms with E-state index in [4.69, 9.17) is 9.84 Å². The molecule has 0 aromatic carbocycles. The van der Waals surface area contributed by atoms with Gasteiger partial charge in [0.15, 0.2) is 0 Å². The largest absolute Gasteiger partial charge is 0.481 e. The summed E-state index contributed by atoms with van der Waals surface area (Å²) in [5, 5.41) is 8.94. The van der Waals surface area contributed by atoms with Crippen molar-refractivity contribution in [3.63, 3.8) is 0 Å². The van der Waals surface area contributed by atoms with Crippen molar-refractivity contribution in [2.75, 3.05) is 0 Å². The van der Waals surface area contributed by atoms with Crippen LogP contribution in [0.3, 0.4) is 0 Å². The number of carboxylic acids is 1. The first-order chi connectivity index (χ1) is 22.6. The van der Waals surface area contributed by atoms with E-state index in [9.17, 15) is 9.59 Å². The van der Waals surface area contributed by atoms with E-state index in [1.54, 1.807) is 0 Å². The number of esters is 1. The number of hydrogen-bond donors (Lipinski definition) is 1. The van der Waals surface area contributed by atoms with Gasteiger partial charge in [-0.05, 0) is 38.5 Å². The third-order valence-electron chi connectivity index (χ3n) is 9.83. The molecule has 4 nitrogen and oxygen atoms in total. The molecule has 0 bridgehead atoms. The SMILES string of the molecule is CCCCCCCCCCCCCCCCCCCCCCCC(=O)OC(CCCCCCCCCCCC)CCCCC(=O)O. The van der Waals surface area contributed by atoms with Gasteiger partial charge in [0.1, 0.15) is 6.10 Å². The van der Waals surface area contributed by atoms with Crippen molar-refractivity contribution in [3.05, 3.63) is 0 Å². The summed E-state index contributed by atoms with van der Waals surface area (Å²) in [6.45, 7) is 4.56. The highest BCUT2D eigenvalue weighted by Crippen LogP contribution is 2.19.